The van der Waals surface area contributed by atoms with Crippen LogP contribution in [0.4, 0.5) is 5.69 Å². The maximum Gasteiger partial charge on any atom is 0.356 e. The normalized spacial score (nSPS) is 12.6. The molecule has 0 atom stereocenters. The molecule has 0 aliphatic rings. The zero-order valence-corrected chi connectivity index (χ0v) is 17.1. The van der Waals surface area contributed by atoms with Gasteiger partial charge in [-0.3, -0.25) is 13.9 Å². The summed E-state index contributed by atoms with van der Waals surface area (Å²) >= 11 is 0. The van der Waals surface area contributed by atoms with Crippen molar-refractivity contribution in [2.24, 2.45) is 10.2 Å². The molecule has 0 radical (unpaired) electrons. The topological polar surface area (TPSA) is 187 Å². The molecule has 1 heterocycles. The summed E-state index contributed by atoms with van der Waals surface area (Å²) in [4.78, 5) is 50.6. The number of hydrogen-bond acceptors (Lipinski definition) is 6. The molecule has 158 valence electrons. The van der Waals surface area contributed by atoms with E-state index in [1.165, 1.54) is 43.4 Å². The third-order valence-corrected chi connectivity index (χ3v) is 5.93. The van der Waals surface area contributed by atoms with E-state index >= 15 is 0 Å². The molecular weight excluding hydrogens is 438 g/mol. The van der Waals surface area contributed by atoms with E-state index in [1.54, 1.807) is 0 Å². The highest BCUT2D eigenvalue weighted by atomic mass is 31.2. The second-order valence-corrected chi connectivity index (χ2v) is 9.24. The van der Waals surface area contributed by atoms with Crippen LogP contribution in [0, 0.1) is 0 Å². The summed E-state index contributed by atoms with van der Waals surface area (Å²) in [6, 6.07) is 9.80. The second-order valence-electron chi connectivity index (χ2n) is 6.03. The molecule has 30 heavy (non-hydrogen) atoms. The fourth-order valence-corrected chi connectivity index (χ4v) is 3.91. The Morgan fingerprint density at radius 3 is 1.73 bits per heavy atom. The van der Waals surface area contributed by atoms with E-state index in [-0.39, 0.29) is 22.0 Å². The van der Waals surface area contributed by atoms with E-state index in [2.05, 4.69) is 10.2 Å². The minimum atomic E-state index is -4.65. The molecule has 14 heteroatoms. The van der Waals surface area contributed by atoms with Crippen LogP contribution in [-0.2, 0) is 9.13 Å². The van der Waals surface area contributed by atoms with Gasteiger partial charge in [0.2, 0.25) is 11.6 Å². The number of nitrogens with zero attached hydrogens (tertiary/aromatic N) is 4. The van der Waals surface area contributed by atoms with E-state index in [0.717, 1.165) is 21.5 Å². The Balaban J connectivity index is 2.38. The van der Waals surface area contributed by atoms with Gasteiger partial charge < -0.3 is 24.7 Å². The monoisotopic (exact) mass is 454 g/mol. The predicted octanol–water partition coefficient (Wildman–Crippen LogP) is 0.653. The molecule has 0 aliphatic carbocycles. The third kappa shape index (κ3) is 4.05. The lowest BCUT2D eigenvalue weighted by molar-refractivity contribution is 0.385. The molecular formula is C16H16N4O8P2. The molecule has 2 aromatic carbocycles. The number of aromatic hydroxyl groups is 1. The van der Waals surface area contributed by atoms with Crippen LogP contribution in [0.5, 0.6) is 5.88 Å². The second kappa shape index (κ2) is 7.77. The van der Waals surface area contributed by atoms with Crippen molar-refractivity contribution in [2.45, 2.75) is 0 Å². The molecule has 3 aromatic rings. The fourth-order valence-electron chi connectivity index (χ4n) is 2.75. The summed E-state index contributed by atoms with van der Waals surface area (Å²) in [6.07, 6.45) is 0. The van der Waals surface area contributed by atoms with Crippen molar-refractivity contribution in [3.63, 3.8) is 0 Å². The summed E-state index contributed by atoms with van der Waals surface area (Å²) in [5.41, 5.74) is -1.39. The number of rotatable bonds is 5. The van der Waals surface area contributed by atoms with Gasteiger partial charge in [-0.15, -0.1) is 5.11 Å². The highest BCUT2D eigenvalue weighted by molar-refractivity contribution is 7.60. The Morgan fingerprint density at radius 1 is 0.833 bits per heavy atom. The van der Waals surface area contributed by atoms with Gasteiger partial charge in [0, 0.05) is 7.05 Å². The lowest BCUT2D eigenvalue weighted by Crippen LogP contribution is -2.22. The van der Waals surface area contributed by atoms with E-state index in [9.17, 15) is 38.6 Å². The highest BCUT2D eigenvalue weighted by Gasteiger charge is 2.25. The van der Waals surface area contributed by atoms with Crippen molar-refractivity contribution in [1.29, 1.82) is 0 Å². The van der Waals surface area contributed by atoms with Crippen LogP contribution in [0.15, 0.2) is 63.6 Å². The van der Waals surface area contributed by atoms with E-state index < -0.39 is 32.3 Å². The first-order valence-corrected chi connectivity index (χ1v) is 11.4. The van der Waals surface area contributed by atoms with Gasteiger partial charge in [0.05, 0.1) is 22.0 Å². The van der Waals surface area contributed by atoms with Gasteiger partial charge >= 0.3 is 20.8 Å². The Labute approximate surface area is 168 Å². The van der Waals surface area contributed by atoms with Crippen LogP contribution in [0.3, 0.4) is 0 Å². The zero-order valence-electron chi connectivity index (χ0n) is 15.3. The van der Waals surface area contributed by atoms with Crippen molar-refractivity contribution in [3.05, 3.63) is 58.9 Å². The minimum Gasteiger partial charge on any atom is -0.492 e. The quantitative estimate of drug-likeness (QED) is 0.275. The van der Waals surface area contributed by atoms with Crippen LogP contribution in [-0.4, -0.2) is 41.1 Å². The molecule has 5 N–H and O–H groups in total. The molecule has 0 bridgehead atoms. The summed E-state index contributed by atoms with van der Waals surface area (Å²) < 4.78 is 25.0. The van der Waals surface area contributed by atoms with E-state index in [1.807, 2.05) is 0 Å². The Kier molecular flexibility index (Phi) is 5.66. The van der Waals surface area contributed by atoms with Crippen LogP contribution in [0.2, 0.25) is 0 Å². The predicted molar refractivity (Wildman–Crippen MR) is 107 cm³/mol. The van der Waals surface area contributed by atoms with Crippen molar-refractivity contribution in [1.82, 2.24) is 9.36 Å². The molecule has 0 amide bonds. The standard InChI is InChI=1S/C16H16N4O8P2/c1-17-18-14-15(21)19(10-4-2-6-12(8-10)29(23,24)25)20(16(14)22)11-5-3-7-13(9-11)30(26,27)28/h2-9,21H,1H3,(H2,23,24,25)(H2,26,27,28). The van der Waals surface area contributed by atoms with Gasteiger partial charge in [0.1, 0.15) is 0 Å². The summed E-state index contributed by atoms with van der Waals surface area (Å²) in [5, 5.41) is 16.9. The van der Waals surface area contributed by atoms with Crippen molar-refractivity contribution in [3.8, 4) is 17.3 Å². The molecule has 3 rings (SSSR count). The Morgan fingerprint density at radius 2 is 1.30 bits per heavy atom. The molecule has 0 saturated carbocycles. The van der Waals surface area contributed by atoms with Gasteiger partial charge in [-0.05, 0) is 36.4 Å². The largest absolute Gasteiger partial charge is 0.492 e. The minimum absolute atomic E-state index is 0.00967. The maximum atomic E-state index is 12.9. The SMILES string of the molecule is CN=Nc1c(O)n(-c2cccc(P(=O)(O)O)c2)n(-c2cccc(P(=O)(O)O)c2)c1=O. The van der Waals surface area contributed by atoms with Crippen molar-refractivity contribution < 1.29 is 33.8 Å². The van der Waals surface area contributed by atoms with Crippen LogP contribution in [0.25, 0.3) is 11.4 Å². The highest BCUT2D eigenvalue weighted by Crippen LogP contribution is 2.36. The van der Waals surface area contributed by atoms with Gasteiger partial charge in [0.15, 0.2) is 0 Å². The van der Waals surface area contributed by atoms with Gasteiger partial charge in [-0.2, -0.15) is 5.11 Å². The number of aromatic nitrogens is 2. The maximum absolute atomic E-state index is 12.9. The Hall–Kier alpha value is -2.85. The lowest BCUT2D eigenvalue weighted by Gasteiger charge is -2.15. The van der Waals surface area contributed by atoms with Crippen LogP contribution in [0.1, 0.15) is 0 Å². The lowest BCUT2D eigenvalue weighted by atomic mass is 10.3. The third-order valence-electron chi connectivity index (χ3n) is 4.03. The van der Waals surface area contributed by atoms with Gasteiger partial charge in [0.25, 0.3) is 0 Å². The number of azo groups is 1. The first-order chi connectivity index (χ1) is 13.9. The average molecular weight is 454 g/mol. The summed E-state index contributed by atoms with van der Waals surface area (Å²) in [7, 11) is -8.02. The first kappa shape index (κ1) is 21.8. The molecule has 0 fully saturated rings. The van der Waals surface area contributed by atoms with Gasteiger partial charge in [-0.1, -0.05) is 12.1 Å². The van der Waals surface area contributed by atoms with Crippen molar-refractivity contribution in [2.75, 3.05) is 7.05 Å². The van der Waals surface area contributed by atoms with Crippen molar-refractivity contribution >= 4 is 31.5 Å². The Bertz CT molecular complexity index is 1300. The van der Waals surface area contributed by atoms with Gasteiger partial charge in [-0.25, -0.2) is 9.36 Å². The summed E-state index contributed by atoms with van der Waals surface area (Å²) in [5.74, 6) is -0.685. The van der Waals surface area contributed by atoms with E-state index in [4.69, 9.17) is 0 Å². The van der Waals surface area contributed by atoms with Crippen LogP contribution >= 0.6 is 15.2 Å². The summed E-state index contributed by atoms with van der Waals surface area (Å²) in [6.45, 7) is 0. The number of hydrogen-bond donors (Lipinski definition) is 5. The zero-order chi connectivity index (χ0) is 22.3. The first-order valence-electron chi connectivity index (χ1n) is 8.15. The molecule has 12 nitrogen and oxygen atoms in total. The number of benzene rings is 2. The average Bonchev–Trinajstić information content (AvgIpc) is 2.92. The van der Waals surface area contributed by atoms with Crippen LogP contribution < -0.4 is 16.2 Å². The molecule has 0 unspecified atom stereocenters. The smallest absolute Gasteiger partial charge is 0.356 e. The molecule has 0 aliphatic heterocycles. The van der Waals surface area contributed by atoms with E-state index in [0.29, 0.717) is 0 Å². The molecule has 0 spiro atoms. The molecule has 1 aromatic heterocycles. The fraction of sp³-hybridized carbons (Fsp3) is 0.0625. The molecule has 0 saturated heterocycles.